The summed E-state index contributed by atoms with van der Waals surface area (Å²) in [5, 5.41) is 0. The van der Waals surface area contributed by atoms with Gasteiger partial charge in [-0.2, -0.15) is 0 Å². The lowest BCUT2D eigenvalue weighted by Crippen LogP contribution is -1.95. The molecule has 0 atom stereocenters. The highest BCUT2D eigenvalue weighted by molar-refractivity contribution is 9.10. The van der Waals surface area contributed by atoms with Crippen molar-refractivity contribution >= 4 is 39.2 Å². The summed E-state index contributed by atoms with van der Waals surface area (Å²) in [4.78, 5) is 2.76. The summed E-state index contributed by atoms with van der Waals surface area (Å²) in [7, 11) is 1.56. The van der Waals surface area contributed by atoms with E-state index >= 15 is 0 Å². The Kier molecular flexibility index (Phi) is 3.54. The largest absolute Gasteiger partial charge is 0.496 e. The van der Waals surface area contributed by atoms with Crippen LogP contribution in [0.3, 0.4) is 0 Å². The summed E-state index contributed by atoms with van der Waals surface area (Å²) in [5.74, 6) is -0.680. The molecule has 0 spiro atoms. The van der Waals surface area contributed by atoms with Crippen LogP contribution in [0, 0.1) is 16.4 Å². The molecule has 0 aliphatic heterocycles. The average Bonchev–Trinajstić information content (AvgIpc) is 2.75. The van der Waals surface area contributed by atoms with Crippen molar-refractivity contribution in [1.29, 1.82) is 0 Å². The number of hydrogen-bond donors (Lipinski definition) is 1. The van der Waals surface area contributed by atoms with Gasteiger partial charge >= 0.3 is 0 Å². The first-order valence-corrected chi connectivity index (χ1v) is 7.15. The van der Waals surface area contributed by atoms with Crippen molar-refractivity contribution < 1.29 is 13.5 Å². The summed E-state index contributed by atoms with van der Waals surface area (Å²) < 4.78 is 35.0. The molecule has 1 aromatic heterocycles. The molecule has 0 aliphatic carbocycles. The Morgan fingerprint density at radius 2 is 2.00 bits per heavy atom. The molecule has 1 N–H and O–H groups in total. The summed E-state index contributed by atoms with van der Waals surface area (Å²) in [6, 6.07) is 7.33. The van der Waals surface area contributed by atoms with E-state index in [0.717, 1.165) is 10.5 Å². The first-order valence-electron chi connectivity index (χ1n) is 5.95. The molecule has 3 aromatic rings. The number of nitrogens with one attached hydrogen (secondary N) is 1. The maximum Gasteiger partial charge on any atom is 0.182 e. The molecule has 0 radical (unpaired) electrons. The number of imidazole rings is 1. The third-order valence-electron chi connectivity index (χ3n) is 3.10. The quantitative estimate of drug-likeness (QED) is 0.660. The Balaban J connectivity index is 2.32. The molecule has 0 unspecified atom stereocenters. The van der Waals surface area contributed by atoms with Gasteiger partial charge < -0.3 is 9.72 Å². The fourth-order valence-electron chi connectivity index (χ4n) is 2.18. The number of aromatic nitrogens is 2. The van der Waals surface area contributed by atoms with Crippen LogP contribution in [0.2, 0.25) is 0 Å². The van der Waals surface area contributed by atoms with Crippen molar-refractivity contribution in [3.63, 3.8) is 0 Å². The molecule has 7 heteroatoms. The van der Waals surface area contributed by atoms with Gasteiger partial charge in [0, 0.05) is 17.8 Å². The Bertz CT molecular complexity index is 904. The number of fused-ring (bicyclic) bond motifs is 1. The van der Waals surface area contributed by atoms with Gasteiger partial charge in [-0.15, -0.1) is 0 Å². The molecule has 21 heavy (non-hydrogen) atoms. The van der Waals surface area contributed by atoms with E-state index in [1.54, 1.807) is 29.9 Å². The minimum absolute atomic E-state index is 0.174. The number of hydrogen-bond acceptors (Lipinski definition) is 2. The molecule has 0 saturated carbocycles. The highest BCUT2D eigenvalue weighted by Crippen LogP contribution is 2.29. The standard InChI is InChI=1S/C14H9BrF2N2OS/c1-20-12-3-2-8(6-9(12)15)19-11-5-7(16)4-10(17)13(11)18-14(19)21/h2-6H,1H3,(H,18,21). The van der Waals surface area contributed by atoms with Crippen LogP contribution >= 0.6 is 28.1 Å². The van der Waals surface area contributed by atoms with E-state index in [1.165, 1.54) is 6.07 Å². The van der Waals surface area contributed by atoms with Crippen LogP contribution in [0.5, 0.6) is 5.75 Å². The minimum Gasteiger partial charge on any atom is -0.496 e. The molecular weight excluding hydrogens is 362 g/mol. The molecule has 0 saturated heterocycles. The molecule has 1 heterocycles. The molecular formula is C14H9BrF2N2OS. The van der Waals surface area contributed by atoms with Crippen molar-refractivity contribution in [2.24, 2.45) is 0 Å². The number of benzene rings is 2. The predicted octanol–water partition coefficient (Wildman–Crippen LogP) is 4.74. The minimum atomic E-state index is -0.678. The molecule has 0 bridgehead atoms. The Hall–Kier alpha value is -1.73. The van der Waals surface area contributed by atoms with E-state index in [9.17, 15) is 8.78 Å². The summed E-state index contributed by atoms with van der Waals surface area (Å²) in [6.07, 6.45) is 0. The predicted molar refractivity (Wildman–Crippen MR) is 82.6 cm³/mol. The second-order valence-electron chi connectivity index (χ2n) is 4.37. The highest BCUT2D eigenvalue weighted by Gasteiger charge is 2.13. The zero-order valence-corrected chi connectivity index (χ0v) is 13.2. The van der Waals surface area contributed by atoms with Crippen molar-refractivity contribution in [2.75, 3.05) is 7.11 Å². The van der Waals surface area contributed by atoms with Gasteiger partial charge in [0.05, 0.1) is 17.1 Å². The maximum atomic E-state index is 13.8. The Labute approximate surface area is 132 Å². The van der Waals surface area contributed by atoms with Crippen LogP contribution in [0.15, 0.2) is 34.8 Å². The van der Waals surface area contributed by atoms with Crippen LogP contribution in [0.4, 0.5) is 8.78 Å². The van der Waals surface area contributed by atoms with E-state index < -0.39 is 11.6 Å². The molecule has 0 amide bonds. The number of ether oxygens (including phenoxy) is 1. The van der Waals surface area contributed by atoms with Gasteiger partial charge in [0.15, 0.2) is 10.6 Å². The van der Waals surface area contributed by atoms with Crippen molar-refractivity contribution in [1.82, 2.24) is 9.55 Å². The number of halogens is 3. The molecule has 0 aliphatic rings. The Morgan fingerprint density at radius 1 is 1.24 bits per heavy atom. The lowest BCUT2D eigenvalue weighted by molar-refractivity contribution is 0.412. The second-order valence-corrected chi connectivity index (χ2v) is 5.61. The summed E-state index contributed by atoms with van der Waals surface area (Å²) in [6.45, 7) is 0. The number of nitrogens with zero attached hydrogens (tertiary/aromatic N) is 1. The monoisotopic (exact) mass is 370 g/mol. The molecule has 2 aromatic carbocycles. The van der Waals surface area contributed by atoms with Gasteiger partial charge in [-0.05, 0) is 46.3 Å². The second kappa shape index (κ2) is 5.23. The van der Waals surface area contributed by atoms with Gasteiger partial charge in [-0.25, -0.2) is 8.78 Å². The van der Waals surface area contributed by atoms with E-state index in [0.29, 0.717) is 17.0 Å². The van der Waals surface area contributed by atoms with Crippen molar-refractivity contribution in [3.8, 4) is 11.4 Å². The zero-order valence-electron chi connectivity index (χ0n) is 10.8. The first kappa shape index (κ1) is 14.2. The van der Waals surface area contributed by atoms with E-state index in [-0.39, 0.29) is 10.3 Å². The smallest absolute Gasteiger partial charge is 0.182 e. The van der Waals surface area contributed by atoms with Crippen LogP contribution in [-0.4, -0.2) is 16.7 Å². The van der Waals surface area contributed by atoms with Crippen LogP contribution in [-0.2, 0) is 0 Å². The third kappa shape index (κ3) is 2.36. The van der Waals surface area contributed by atoms with Crippen LogP contribution < -0.4 is 4.74 Å². The SMILES string of the molecule is COc1ccc(-n2c(=S)[nH]c3c(F)cc(F)cc32)cc1Br. The van der Waals surface area contributed by atoms with Gasteiger partial charge in [-0.3, -0.25) is 4.57 Å². The molecule has 3 rings (SSSR count). The molecule has 0 fully saturated rings. The van der Waals surface area contributed by atoms with Crippen molar-refractivity contribution in [2.45, 2.75) is 0 Å². The van der Waals surface area contributed by atoms with E-state index in [4.69, 9.17) is 17.0 Å². The lowest BCUT2D eigenvalue weighted by Gasteiger charge is -2.08. The fraction of sp³-hybridized carbons (Fsp3) is 0.0714. The van der Waals surface area contributed by atoms with Gasteiger partial charge in [0.1, 0.15) is 17.1 Å². The van der Waals surface area contributed by atoms with Crippen LogP contribution in [0.25, 0.3) is 16.7 Å². The highest BCUT2D eigenvalue weighted by atomic mass is 79.9. The number of H-pyrrole nitrogens is 1. The van der Waals surface area contributed by atoms with Crippen LogP contribution in [0.1, 0.15) is 0 Å². The number of methoxy groups -OCH3 is 1. The Morgan fingerprint density at radius 3 is 2.67 bits per heavy atom. The van der Waals surface area contributed by atoms with Crippen molar-refractivity contribution in [3.05, 3.63) is 51.2 Å². The van der Waals surface area contributed by atoms with E-state index in [2.05, 4.69) is 20.9 Å². The first-order chi connectivity index (χ1) is 10.0. The average molecular weight is 371 g/mol. The van der Waals surface area contributed by atoms with E-state index in [1.807, 2.05) is 0 Å². The third-order valence-corrected chi connectivity index (χ3v) is 4.01. The maximum absolute atomic E-state index is 13.8. The normalized spacial score (nSPS) is 11.0. The fourth-order valence-corrected chi connectivity index (χ4v) is 3.02. The van der Waals surface area contributed by atoms with Gasteiger partial charge in [0.25, 0.3) is 0 Å². The van der Waals surface area contributed by atoms with Gasteiger partial charge in [0.2, 0.25) is 0 Å². The zero-order chi connectivity index (χ0) is 15.1. The lowest BCUT2D eigenvalue weighted by atomic mass is 10.2. The number of aromatic amines is 1. The van der Waals surface area contributed by atoms with Gasteiger partial charge in [-0.1, -0.05) is 0 Å². The molecule has 108 valence electrons. The topological polar surface area (TPSA) is 29.9 Å². The summed E-state index contributed by atoms with van der Waals surface area (Å²) in [5.41, 5.74) is 1.19. The number of rotatable bonds is 2. The molecule has 3 nitrogen and oxygen atoms in total. The summed E-state index contributed by atoms with van der Waals surface area (Å²) >= 11 is 8.59.